The van der Waals surface area contributed by atoms with Crippen molar-refractivity contribution >= 4 is 27.5 Å². The molecule has 1 saturated carbocycles. The first kappa shape index (κ1) is 19.8. The first-order valence-electron chi connectivity index (χ1n) is 9.55. The molecule has 0 aromatic carbocycles. The minimum absolute atomic E-state index is 0.00404. The third-order valence-corrected chi connectivity index (χ3v) is 5.92. The van der Waals surface area contributed by atoms with Gasteiger partial charge in [-0.25, -0.2) is 23.7 Å². The van der Waals surface area contributed by atoms with Crippen LogP contribution in [-0.2, 0) is 0 Å². The summed E-state index contributed by atoms with van der Waals surface area (Å²) in [6.07, 6.45) is 7.92. The molecular formula is C19H22F2N6OS. The number of thiophene rings is 1. The summed E-state index contributed by atoms with van der Waals surface area (Å²) in [5.41, 5.74) is 1.06. The minimum Gasteiger partial charge on any atom is -0.348 e. The van der Waals surface area contributed by atoms with Gasteiger partial charge in [0, 0.05) is 31.4 Å². The largest absolute Gasteiger partial charge is 0.348 e. The van der Waals surface area contributed by atoms with Crippen molar-refractivity contribution in [1.29, 1.82) is 0 Å². The first-order valence-corrected chi connectivity index (χ1v) is 10.4. The molecule has 1 aliphatic carbocycles. The standard InChI is InChI=1S/C19H22F2N6OS/c1-19(20,21)10-23-12-2-4-13(5-3-12)24-17(28)15-16-14(6-9-29-16)25-18(26-15)27-8-7-22-11-27/h6-9,11-13,23H,2-5,10H2,1H3,(H,24,28). The molecule has 4 rings (SSSR count). The Labute approximate surface area is 170 Å². The van der Waals surface area contributed by atoms with Gasteiger partial charge in [-0.2, -0.15) is 0 Å². The lowest BCUT2D eigenvalue weighted by atomic mass is 9.91. The summed E-state index contributed by atoms with van der Waals surface area (Å²) in [6.45, 7) is 0.597. The highest BCUT2D eigenvalue weighted by molar-refractivity contribution is 7.17. The second-order valence-electron chi connectivity index (χ2n) is 7.45. The maximum absolute atomic E-state index is 13.0. The predicted molar refractivity (Wildman–Crippen MR) is 107 cm³/mol. The smallest absolute Gasteiger partial charge is 0.271 e. The lowest BCUT2D eigenvalue weighted by molar-refractivity contribution is 0.0184. The molecule has 3 aromatic heterocycles. The van der Waals surface area contributed by atoms with E-state index < -0.39 is 5.92 Å². The van der Waals surface area contributed by atoms with E-state index in [2.05, 4.69) is 25.6 Å². The van der Waals surface area contributed by atoms with Crippen LogP contribution >= 0.6 is 11.3 Å². The number of aromatic nitrogens is 4. The van der Waals surface area contributed by atoms with Crippen LogP contribution in [0.1, 0.15) is 43.1 Å². The van der Waals surface area contributed by atoms with E-state index in [1.807, 2.05) is 11.4 Å². The maximum Gasteiger partial charge on any atom is 0.271 e. The number of alkyl halides is 2. The Morgan fingerprint density at radius 2 is 2.03 bits per heavy atom. The van der Waals surface area contributed by atoms with Crippen LogP contribution in [0.3, 0.4) is 0 Å². The van der Waals surface area contributed by atoms with Crippen LogP contribution in [0.4, 0.5) is 8.78 Å². The van der Waals surface area contributed by atoms with Crippen LogP contribution in [0.2, 0.25) is 0 Å². The van der Waals surface area contributed by atoms with Crippen LogP contribution in [0, 0.1) is 0 Å². The zero-order chi connectivity index (χ0) is 20.4. The summed E-state index contributed by atoms with van der Waals surface area (Å²) < 4.78 is 28.4. The highest BCUT2D eigenvalue weighted by atomic mass is 32.1. The Morgan fingerprint density at radius 1 is 1.28 bits per heavy atom. The highest BCUT2D eigenvalue weighted by Crippen LogP contribution is 2.25. The van der Waals surface area contributed by atoms with E-state index >= 15 is 0 Å². The van der Waals surface area contributed by atoms with Crippen LogP contribution < -0.4 is 10.6 Å². The molecule has 0 aliphatic heterocycles. The summed E-state index contributed by atoms with van der Waals surface area (Å²) in [7, 11) is 0. The van der Waals surface area contributed by atoms with Gasteiger partial charge in [0.1, 0.15) is 6.33 Å². The average Bonchev–Trinajstić information content (AvgIpc) is 3.37. The Bertz CT molecular complexity index is 976. The van der Waals surface area contributed by atoms with Crippen molar-refractivity contribution in [1.82, 2.24) is 30.2 Å². The highest BCUT2D eigenvalue weighted by Gasteiger charge is 2.27. The van der Waals surface area contributed by atoms with Crippen LogP contribution in [0.15, 0.2) is 30.2 Å². The minimum atomic E-state index is -2.71. The van der Waals surface area contributed by atoms with Crippen LogP contribution in [-0.4, -0.2) is 50.0 Å². The molecule has 29 heavy (non-hydrogen) atoms. The summed E-state index contributed by atoms with van der Waals surface area (Å²) in [5, 5.41) is 7.86. The average molecular weight is 420 g/mol. The van der Waals surface area contributed by atoms with Gasteiger partial charge in [0.15, 0.2) is 5.69 Å². The summed E-state index contributed by atoms with van der Waals surface area (Å²) >= 11 is 1.43. The molecule has 3 heterocycles. The SMILES string of the molecule is CC(F)(F)CNC1CCC(NC(=O)c2nc(-n3ccnc3)nc3ccsc23)CC1. The summed E-state index contributed by atoms with van der Waals surface area (Å²) in [6, 6.07) is 1.92. The van der Waals surface area contributed by atoms with Crippen LogP contribution in [0.5, 0.6) is 0 Å². The van der Waals surface area contributed by atoms with Gasteiger partial charge in [-0.1, -0.05) is 0 Å². The number of hydrogen-bond donors (Lipinski definition) is 2. The van der Waals surface area contributed by atoms with Gasteiger partial charge in [0.25, 0.3) is 11.8 Å². The van der Waals surface area contributed by atoms with Crippen molar-refractivity contribution in [2.24, 2.45) is 0 Å². The number of fused-ring (bicyclic) bond motifs is 1. The number of carbonyl (C=O) groups is 1. The number of nitrogens with zero attached hydrogens (tertiary/aromatic N) is 4. The molecule has 0 spiro atoms. The van der Waals surface area contributed by atoms with E-state index in [-0.39, 0.29) is 24.5 Å². The Balaban J connectivity index is 1.43. The molecule has 7 nitrogen and oxygen atoms in total. The zero-order valence-corrected chi connectivity index (χ0v) is 16.8. The molecule has 0 atom stereocenters. The van der Waals surface area contributed by atoms with E-state index in [4.69, 9.17) is 0 Å². The Kier molecular flexibility index (Phi) is 5.55. The van der Waals surface area contributed by atoms with Crippen molar-refractivity contribution in [3.63, 3.8) is 0 Å². The number of rotatable bonds is 6. The number of imidazole rings is 1. The summed E-state index contributed by atoms with van der Waals surface area (Å²) in [4.78, 5) is 25.9. The molecule has 0 saturated heterocycles. The van der Waals surface area contributed by atoms with Crippen molar-refractivity contribution in [2.75, 3.05) is 6.54 Å². The van der Waals surface area contributed by atoms with Gasteiger partial charge in [-0.3, -0.25) is 9.36 Å². The molecule has 3 aromatic rings. The van der Waals surface area contributed by atoms with Gasteiger partial charge in [0.05, 0.1) is 16.8 Å². The lowest BCUT2D eigenvalue weighted by Gasteiger charge is -2.30. The molecule has 1 aliphatic rings. The molecule has 0 radical (unpaired) electrons. The number of nitrogens with one attached hydrogen (secondary N) is 2. The van der Waals surface area contributed by atoms with E-state index in [0.29, 0.717) is 17.2 Å². The van der Waals surface area contributed by atoms with Gasteiger partial charge >= 0.3 is 0 Å². The van der Waals surface area contributed by atoms with Crippen molar-refractivity contribution < 1.29 is 13.6 Å². The fraction of sp³-hybridized carbons (Fsp3) is 0.474. The lowest BCUT2D eigenvalue weighted by Crippen LogP contribution is -2.44. The van der Waals surface area contributed by atoms with Gasteiger partial charge in [0.2, 0.25) is 5.95 Å². The normalized spacial score (nSPS) is 20.1. The van der Waals surface area contributed by atoms with Gasteiger partial charge in [-0.05, 0) is 37.1 Å². The molecule has 154 valence electrons. The molecule has 0 unspecified atom stereocenters. The third kappa shape index (κ3) is 4.76. The van der Waals surface area contributed by atoms with E-state index in [1.54, 1.807) is 23.3 Å². The number of carbonyl (C=O) groups excluding carboxylic acids is 1. The zero-order valence-electron chi connectivity index (χ0n) is 15.9. The van der Waals surface area contributed by atoms with Crippen LogP contribution in [0.25, 0.3) is 16.2 Å². The number of halogens is 2. The van der Waals surface area contributed by atoms with Gasteiger partial charge < -0.3 is 10.6 Å². The number of amides is 1. The van der Waals surface area contributed by atoms with E-state index in [9.17, 15) is 13.6 Å². The second-order valence-corrected chi connectivity index (χ2v) is 8.37. The molecule has 10 heteroatoms. The monoisotopic (exact) mass is 420 g/mol. The summed E-state index contributed by atoms with van der Waals surface area (Å²) in [5.74, 6) is -2.55. The third-order valence-electron chi connectivity index (χ3n) is 5.01. The fourth-order valence-corrected chi connectivity index (χ4v) is 4.33. The Hall–Kier alpha value is -2.46. The molecule has 1 amide bonds. The first-order chi connectivity index (χ1) is 13.9. The Morgan fingerprint density at radius 3 is 2.72 bits per heavy atom. The van der Waals surface area contributed by atoms with E-state index in [0.717, 1.165) is 37.3 Å². The molecule has 0 bridgehead atoms. The predicted octanol–water partition coefficient (Wildman–Crippen LogP) is 3.16. The fourth-order valence-electron chi connectivity index (χ4n) is 3.52. The van der Waals surface area contributed by atoms with Crippen molar-refractivity contribution in [3.8, 4) is 5.95 Å². The number of hydrogen-bond acceptors (Lipinski definition) is 6. The quantitative estimate of drug-likeness (QED) is 0.640. The second kappa shape index (κ2) is 8.11. The maximum atomic E-state index is 13.0. The molecular weight excluding hydrogens is 398 g/mol. The van der Waals surface area contributed by atoms with E-state index in [1.165, 1.54) is 11.3 Å². The van der Waals surface area contributed by atoms with Crippen molar-refractivity contribution in [3.05, 3.63) is 35.9 Å². The molecule has 1 fully saturated rings. The topological polar surface area (TPSA) is 84.7 Å². The van der Waals surface area contributed by atoms with Gasteiger partial charge in [-0.15, -0.1) is 11.3 Å². The molecule has 2 N–H and O–H groups in total. The van der Waals surface area contributed by atoms with Crippen molar-refractivity contribution in [2.45, 2.75) is 50.6 Å².